The van der Waals surface area contributed by atoms with E-state index in [0.29, 0.717) is 19.0 Å². The molecule has 0 spiro atoms. The Morgan fingerprint density at radius 3 is 2.41 bits per heavy atom. The van der Waals surface area contributed by atoms with Crippen LogP contribution in [-0.4, -0.2) is 37.6 Å². The fourth-order valence-electron chi connectivity index (χ4n) is 5.33. The Hall–Kier alpha value is -3.80. The van der Waals surface area contributed by atoms with Crippen LogP contribution in [0, 0.1) is 24.2 Å². The number of sulfone groups is 1. The van der Waals surface area contributed by atoms with Gasteiger partial charge in [0.15, 0.2) is 9.84 Å². The van der Waals surface area contributed by atoms with Gasteiger partial charge in [0.2, 0.25) is 0 Å². The maximum Gasteiger partial charge on any atom is 0.304 e. The van der Waals surface area contributed by atoms with E-state index in [1.54, 1.807) is 18.3 Å². The van der Waals surface area contributed by atoms with Crippen molar-refractivity contribution >= 4 is 37.2 Å². The average molecular weight is 589 g/mol. The number of carboxylic acid groups (broad SMARTS) is 1. The van der Waals surface area contributed by atoms with E-state index in [0.717, 1.165) is 39.0 Å². The summed E-state index contributed by atoms with van der Waals surface area (Å²) in [5.41, 5.74) is 4.95. The summed E-state index contributed by atoms with van der Waals surface area (Å²) < 4.78 is 36.4. The second-order valence-corrected chi connectivity index (χ2v) is 14.0. The van der Waals surface area contributed by atoms with Crippen molar-refractivity contribution in [1.29, 1.82) is 0 Å². The van der Waals surface area contributed by atoms with Crippen LogP contribution in [0.4, 0.5) is 0 Å². The van der Waals surface area contributed by atoms with Gasteiger partial charge in [-0.05, 0) is 77.9 Å². The normalized spacial score (nSPS) is 15.8. The van der Waals surface area contributed by atoms with Gasteiger partial charge >= 0.3 is 5.97 Å². The topological polar surface area (TPSA) is 89.9 Å². The first-order valence-electron chi connectivity index (χ1n) is 13.4. The predicted octanol–water partition coefficient (Wildman–Crippen LogP) is 6.85. The number of fused-ring (bicyclic) bond motifs is 1. The van der Waals surface area contributed by atoms with Gasteiger partial charge in [-0.15, -0.1) is 17.3 Å². The molecule has 1 atom stereocenters. The molecule has 41 heavy (non-hydrogen) atoms. The van der Waals surface area contributed by atoms with Gasteiger partial charge in [0.1, 0.15) is 18.1 Å². The van der Waals surface area contributed by atoms with E-state index in [-0.39, 0.29) is 29.3 Å². The lowest BCUT2D eigenvalue weighted by Gasteiger charge is -2.37. The number of hydrogen-bond donors (Lipinski definition) is 1. The van der Waals surface area contributed by atoms with Crippen molar-refractivity contribution in [1.82, 2.24) is 0 Å². The van der Waals surface area contributed by atoms with Gasteiger partial charge in [-0.25, -0.2) is 8.42 Å². The first kappa shape index (κ1) is 28.7. The van der Waals surface area contributed by atoms with Crippen molar-refractivity contribution in [3.8, 4) is 34.5 Å². The molecule has 3 aromatic carbocycles. The van der Waals surface area contributed by atoms with Crippen LogP contribution in [0.1, 0.15) is 42.9 Å². The number of rotatable bonds is 10. The molecule has 1 aliphatic rings. The van der Waals surface area contributed by atoms with E-state index < -0.39 is 15.8 Å². The zero-order chi connectivity index (χ0) is 29.2. The van der Waals surface area contributed by atoms with Crippen LogP contribution in [-0.2, 0) is 21.2 Å². The summed E-state index contributed by atoms with van der Waals surface area (Å²) >= 11 is 1.70. The third-order valence-electron chi connectivity index (χ3n) is 7.24. The Balaban J connectivity index is 1.27. The molecule has 1 aliphatic heterocycles. The summed E-state index contributed by atoms with van der Waals surface area (Å²) in [6.07, 6.45) is -0.0366. The molecule has 1 unspecified atom stereocenters. The molecular formula is C33H32O6S2. The number of carbonyl (C=O) groups is 1. The van der Waals surface area contributed by atoms with Crippen molar-refractivity contribution in [3.63, 3.8) is 0 Å². The van der Waals surface area contributed by atoms with E-state index in [1.165, 1.54) is 4.70 Å². The largest absolute Gasteiger partial charge is 0.493 e. The number of aryl methyl sites for hydroxylation is 1. The monoisotopic (exact) mass is 588 g/mol. The van der Waals surface area contributed by atoms with Crippen molar-refractivity contribution in [2.24, 2.45) is 5.41 Å². The Morgan fingerprint density at radius 1 is 1.02 bits per heavy atom. The van der Waals surface area contributed by atoms with Crippen LogP contribution < -0.4 is 9.47 Å². The predicted molar refractivity (Wildman–Crippen MR) is 163 cm³/mol. The number of hydrogen-bond acceptors (Lipinski definition) is 6. The molecule has 0 radical (unpaired) electrons. The molecule has 5 rings (SSSR count). The molecule has 6 nitrogen and oxygen atoms in total. The van der Waals surface area contributed by atoms with Gasteiger partial charge < -0.3 is 14.6 Å². The third-order valence-corrected chi connectivity index (χ3v) is 10.5. The van der Waals surface area contributed by atoms with Crippen LogP contribution in [0.5, 0.6) is 11.5 Å². The van der Waals surface area contributed by atoms with Crippen molar-refractivity contribution in [2.45, 2.75) is 39.7 Å². The molecule has 4 aromatic rings. The number of thiophene rings is 1. The van der Waals surface area contributed by atoms with Crippen LogP contribution >= 0.6 is 11.3 Å². The Bertz CT molecular complexity index is 1740. The minimum absolute atomic E-state index is 0.0366. The van der Waals surface area contributed by atoms with E-state index in [9.17, 15) is 18.3 Å². The molecule has 1 fully saturated rings. The van der Waals surface area contributed by atoms with Gasteiger partial charge in [0, 0.05) is 21.1 Å². The zero-order valence-electron chi connectivity index (χ0n) is 23.3. The number of ether oxygens (including phenoxy) is 2. The van der Waals surface area contributed by atoms with Gasteiger partial charge in [0.25, 0.3) is 0 Å². The standard InChI is InChI=1S/C33H32O6S2/c1-4-5-25(16-32(34)35)24-7-9-26(10-8-24)38-17-23-6-13-31-29(15-23)30(18-40-31)28-12-11-27(14-22(28)2)39-19-33(3)20-41(36,37)21-33/h6-15,18,25H,16-17,19-21H2,1-3H3,(H,34,35). The quantitative estimate of drug-likeness (QED) is 0.204. The lowest BCUT2D eigenvalue weighted by Crippen LogP contribution is -2.50. The molecule has 1 saturated heterocycles. The number of benzene rings is 3. The van der Waals surface area contributed by atoms with Crippen LogP contribution in [0.2, 0.25) is 0 Å². The summed E-state index contributed by atoms with van der Waals surface area (Å²) in [5.74, 6) is 6.37. The molecule has 0 aliphatic carbocycles. The second-order valence-electron chi connectivity index (χ2n) is 11.0. The maximum atomic E-state index is 11.6. The van der Waals surface area contributed by atoms with E-state index >= 15 is 0 Å². The molecule has 0 bridgehead atoms. The summed E-state index contributed by atoms with van der Waals surface area (Å²) in [5, 5.41) is 12.5. The lowest BCUT2D eigenvalue weighted by molar-refractivity contribution is -0.137. The Labute approximate surface area is 244 Å². The van der Waals surface area contributed by atoms with Gasteiger partial charge in [-0.3, -0.25) is 4.79 Å². The Kier molecular flexibility index (Phi) is 8.12. The summed E-state index contributed by atoms with van der Waals surface area (Å²) in [6, 6.07) is 19.8. The summed E-state index contributed by atoms with van der Waals surface area (Å²) in [4.78, 5) is 11.2. The molecule has 8 heteroatoms. The molecule has 2 heterocycles. The smallest absolute Gasteiger partial charge is 0.304 e. The highest BCUT2D eigenvalue weighted by atomic mass is 32.2. The van der Waals surface area contributed by atoms with Gasteiger partial charge in [-0.1, -0.05) is 37.1 Å². The average Bonchev–Trinajstić information content (AvgIpc) is 3.32. The highest BCUT2D eigenvalue weighted by Gasteiger charge is 2.45. The number of carboxylic acids is 1. The first-order valence-corrected chi connectivity index (χ1v) is 16.1. The fraction of sp³-hybridized carbons (Fsp3) is 0.303. The van der Waals surface area contributed by atoms with Crippen LogP contribution in [0.15, 0.2) is 66.0 Å². The minimum atomic E-state index is -2.90. The molecule has 0 amide bonds. The van der Waals surface area contributed by atoms with Gasteiger partial charge in [-0.2, -0.15) is 0 Å². The van der Waals surface area contributed by atoms with E-state index in [1.807, 2.05) is 43.3 Å². The Morgan fingerprint density at radius 2 is 1.76 bits per heavy atom. The maximum absolute atomic E-state index is 11.6. The van der Waals surface area contributed by atoms with Crippen molar-refractivity contribution < 1.29 is 27.8 Å². The van der Waals surface area contributed by atoms with Crippen molar-refractivity contribution in [3.05, 3.63) is 82.7 Å². The summed E-state index contributed by atoms with van der Waals surface area (Å²) in [6.45, 7) is 6.50. The highest BCUT2D eigenvalue weighted by Crippen LogP contribution is 2.38. The van der Waals surface area contributed by atoms with Crippen LogP contribution in [0.3, 0.4) is 0 Å². The lowest BCUT2D eigenvalue weighted by atomic mass is 9.96. The summed E-state index contributed by atoms with van der Waals surface area (Å²) in [7, 11) is -2.90. The van der Waals surface area contributed by atoms with Gasteiger partial charge in [0.05, 0.1) is 30.5 Å². The SMILES string of the molecule is CC#CC(CC(=O)O)c1ccc(OCc2ccc3scc(-c4ccc(OCC5(C)CS(=O)(=O)C5)cc4C)c3c2)cc1. The first-order chi connectivity index (χ1) is 19.5. The third kappa shape index (κ3) is 6.75. The molecular weight excluding hydrogens is 556 g/mol. The molecule has 0 saturated carbocycles. The van der Waals surface area contributed by atoms with E-state index in [4.69, 9.17) is 9.47 Å². The molecule has 1 aromatic heterocycles. The fourth-order valence-corrected chi connectivity index (χ4v) is 8.47. The van der Waals surface area contributed by atoms with E-state index in [2.05, 4.69) is 48.4 Å². The second kappa shape index (κ2) is 11.6. The molecule has 1 N–H and O–H groups in total. The molecule has 212 valence electrons. The zero-order valence-corrected chi connectivity index (χ0v) is 24.9. The van der Waals surface area contributed by atoms with Crippen molar-refractivity contribution in [2.75, 3.05) is 18.1 Å². The highest BCUT2D eigenvalue weighted by molar-refractivity contribution is 7.92. The number of aliphatic carboxylic acids is 1. The minimum Gasteiger partial charge on any atom is -0.493 e. The van der Waals surface area contributed by atoms with Crippen LogP contribution in [0.25, 0.3) is 21.2 Å².